The highest BCUT2D eigenvalue weighted by molar-refractivity contribution is 4.97. The Bertz CT molecular complexity index is 144. The third kappa shape index (κ3) is 7.17. The molecule has 0 rings (SSSR count). The van der Waals surface area contributed by atoms with Crippen molar-refractivity contribution in [2.75, 3.05) is 0 Å². The minimum Gasteiger partial charge on any atom is -0.0853 e. The SMILES string of the molecule is CCCCC(CC=C(C)CC)CCC. The molecule has 0 aromatic carbocycles. The summed E-state index contributed by atoms with van der Waals surface area (Å²) in [7, 11) is 0. The van der Waals surface area contributed by atoms with Crippen molar-refractivity contribution in [3.05, 3.63) is 11.6 Å². The smallest absolute Gasteiger partial charge is 0.0320 e. The molecule has 0 spiro atoms. The van der Waals surface area contributed by atoms with Crippen molar-refractivity contribution in [2.45, 2.75) is 72.6 Å². The molecule has 0 heteroatoms. The van der Waals surface area contributed by atoms with Gasteiger partial charge < -0.3 is 0 Å². The zero-order valence-electron chi connectivity index (χ0n) is 10.6. The second-order valence-corrected chi connectivity index (χ2v) is 4.44. The second kappa shape index (κ2) is 9.30. The molecule has 0 heterocycles. The third-order valence-corrected chi connectivity index (χ3v) is 3.02. The first-order chi connectivity index (χ1) is 6.74. The van der Waals surface area contributed by atoms with Crippen LogP contribution in [-0.2, 0) is 0 Å². The van der Waals surface area contributed by atoms with E-state index in [0.29, 0.717) is 0 Å². The molecule has 0 saturated heterocycles. The first-order valence-electron chi connectivity index (χ1n) is 6.40. The lowest BCUT2D eigenvalue weighted by Gasteiger charge is -2.13. The van der Waals surface area contributed by atoms with Crippen LogP contribution in [0.5, 0.6) is 0 Å². The lowest BCUT2D eigenvalue weighted by Crippen LogP contribution is -1.98. The van der Waals surface area contributed by atoms with Gasteiger partial charge in [0.05, 0.1) is 0 Å². The molecule has 0 N–H and O–H groups in total. The van der Waals surface area contributed by atoms with Crippen molar-refractivity contribution in [1.82, 2.24) is 0 Å². The van der Waals surface area contributed by atoms with Gasteiger partial charge in [0, 0.05) is 0 Å². The molecule has 0 nitrogen and oxygen atoms in total. The number of hydrogen-bond acceptors (Lipinski definition) is 0. The molecule has 14 heavy (non-hydrogen) atoms. The molecule has 1 atom stereocenters. The molecule has 0 radical (unpaired) electrons. The summed E-state index contributed by atoms with van der Waals surface area (Å²) < 4.78 is 0. The van der Waals surface area contributed by atoms with Gasteiger partial charge >= 0.3 is 0 Å². The van der Waals surface area contributed by atoms with E-state index in [0.717, 1.165) is 5.92 Å². The Labute approximate surface area is 90.8 Å². The lowest BCUT2D eigenvalue weighted by atomic mass is 9.93. The van der Waals surface area contributed by atoms with Crippen molar-refractivity contribution in [2.24, 2.45) is 5.92 Å². The molecular formula is C14H28. The maximum atomic E-state index is 2.45. The number of unbranched alkanes of at least 4 members (excludes halogenated alkanes) is 1. The van der Waals surface area contributed by atoms with Gasteiger partial charge in [0.25, 0.3) is 0 Å². The maximum Gasteiger partial charge on any atom is -0.0320 e. The van der Waals surface area contributed by atoms with E-state index in [1.165, 1.54) is 44.9 Å². The van der Waals surface area contributed by atoms with Gasteiger partial charge in [-0.15, -0.1) is 0 Å². The molecule has 0 aromatic heterocycles. The van der Waals surface area contributed by atoms with E-state index < -0.39 is 0 Å². The van der Waals surface area contributed by atoms with Crippen LogP contribution in [0.4, 0.5) is 0 Å². The fourth-order valence-corrected chi connectivity index (χ4v) is 1.79. The summed E-state index contributed by atoms with van der Waals surface area (Å²) >= 11 is 0. The van der Waals surface area contributed by atoms with Crippen LogP contribution in [0.1, 0.15) is 72.6 Å². The normalized spacial score (nSPS) is 14.4. The van der Waals surface area contributed by atoms with Gasteiger partial charge in [0.15, 0.2) is 0 Å². The summed E-state index contributed by atoms with van der Waals surface area (Å²) in [5, 5.41) is 0. The summed E-state index contributed by atoms with van der Waals surface area (Å²) in [5.74, 6) is 0.946. The van der Waals surface area contributed by atoms with Crippen LogP contribution in [0.2, 0.25) is 0 Å². The molecule has 0 bridgehead atoms. The van der Waals surface area contributed by atoms with Gasteiger partial charge in [0.1, 0.15) is 0 Å². The van der Waals surface area contributed by atoms with Crippen LogP contribution in [-0.4, -0.2) is 0 Å². The van der Waals surface area contributed by atoms with Gasteiger partial charge in [-0.3, -0.25) is 0 Å². The fraction of sp³-hybridized carbons (Fsp3) is 0.857. The van der Waals surface area contributed by atoms with Gasteiger partial charge in [-0.1, -0.05) is 64.5 Å². The lowest BCUT2D eigenvalue weighted by molar-refractivity contribution is 0.433. The zero-order valence-corrected chi connectivity index (χ0v) is 10.6. The quantitative estimate of drug-likeness (QED) is 0.460. The summed E-state index contributed by atoms with van der Waals surface area (Å²) in [5.41, 5.74) is 1.56. The largest absolute Gasteiger partial charge is 0.0853 e. The van der Waals surface area contributed by atoms with E-state index in [1.54, 1.807) is 5.57 Å². The average Bonchev–Trinajstić information content (AvgIpc) is 2.21. The summed E-state index contributed by atoms with van der Waals surface area (Å²) in [6, 6.07) is 0. The van der Waals surface area contributed by atoms with Crippen molar-refractivity contribution in [1.29, 1.82) is 0 Å². The van der Waals surface area contributed by atoms with E-state index in [4.69, 9.17) is 0 Å². The van der Waals surface area contributed by atoms with Crippen molar-refractivity contribution in [3.8, 4) is 0 Å². The Morgan fingerprint density at radius 3 is 2.29 bits per heavy atom. The average molecular weight is 196 g/mol. The number of allylic oxidation sites excluding steroid dienone is 2. The minimum absolute atomic E-state index is 0.946. The molecule has 84 valence electrons. The highest BCUT2D eigenvalue weighted by Gasteiger charge is 2.05. The number of hydrogen-bond donors (Lipinski definition) is 0. The van der Waals surface area contributed by atoms with Gasteiger partial charge in [-0.2, -0.15) is 0 Å². The fourth-order valence-electron chi connectivity index (χ4n) is 1.79. The summed E-state index contributed by atoms with van der Waals surface area (Å²) in [6.07, 6.45) is 11.9. The Morgan fingerprint density at radius 2 is 1.79 bits per heavy atom. The predicted octanol–water partition coefficient (Wildman–Crippen LogP) is 5.34. The van der Waals surface area contributed by atoms with E-state index in [1.807, 2.05) is 0 Å². The number of rotatable bonds is 8. The molecule has 0 fully saturated rings. The standard InChI is InChI=1S/C14H28/c1-5-8-10-14(9-6-2)12-11-13(4)7-3/h11,14H,5-10,12H2,1-4H3. The zero-order chi connectivity index (χ0) is 10.8. The Kier molecular flexibility index (Phi) is 9.13. The molecule has 0 aromatic rings. The van der Waals surface area contributed by atoms with Crippen molar-refractivity contribution >= 4 is 0 Å². The van der Waals surface area contributed by atoms with E-state index in [2.05, 4.69) is 33.8 Å². The molecule has 0 saturated carbocycles. The van der Waals surface area contributed by atoms with Crippen molar-refractivity contribution < 1.29 is 0 Å². The topological polar surface area (TPSA) is 0 Å². The van der Waals surface area contributed by atoms with Gasteiger partial charge in [-0.05, 0) is 25.7 Å². The molecular weight excluding hydrogens is 168 g/mol. The highest BCUT2D eigenvalue weighted by atomic mass is 14.1. The predicted molar refractivity (Wildman–Crippen MR) is 66.6 cm³/mol. The van der Waals surface area contributed by atoms with E-state index >= 15 is 0 Å². The van der Waals surface area contributed by atoms with Crippen LogP contribution in [0, 0.1) is 5.92 Å². The minimum atomic E-state index is 0.946. The Hall–Kier alpha value is -0.260. The second-order valence-electron chi connectivity index (χ2n) is 4.44. The molecule has 0 aliphatic carbocycles. The van der Waals surface area contributed by atoms with Crippen LogP contribution in [0.15, 0.2) is 11.6 Å². The van der Waals surface area contributed by atoms with Crippen LogP contribution in [0.3, 0.4) is 0 Å². The van der Waals surface area contributed by atoms with Crippen LogP contribution in [0.25, 0.3) is 0 Å². The van der Waals surface area contributed by atoms with E-state index in [-0.39, 0.29) is 0 Å². The third-order valence-electron chi connectivity index (χ3n) is 3.02. The van der Waals surface area contributed by atoms with Crippen LogP contribution < -0.4 is 0 Å². The van der Waals surface area contributed by atoms with Gasteiger partial charge in [0.2, 0.25) is 0 Å². The maximum absolute atomic E-state index is 2.45. The summed E-state index contributed by atoms with van der Waals surface area (Å²) in [6.45, 7) is 9.08. The Morgan fingerprint density at radius 1 is 1.07 bits per heavy atom. The molecule has 0 amide bonds. The molecule has 1 unspecified atom stereocenters. The first-order valence-corrected chi connectivity index (χ1v) is 6.40. The van der Waals surface area contributed by atoms with E-state index in [9.17, 15) is 0 Å². The van der Waals surface area contributed by atoms with Crippen molar-refractivity contribution in [3.63, 3.8) is 0 Å². The molecule has 0 aliphatic heterocycles. The highest BCUT2D eigenvalue weighted by Crippen LogP contribution is 2.20. The Balaban J connectivity index is 3.82. The van der Waals surface area contributed by atoms with Crippen LogP contribution >= 0.6 is 0 Å². The molecule has 0 aliphatic rings. The first kappa shape index (κ1) is 13.7. The van der Waals surface area contributed by atoms with Gasteiger partial charge in [-0.25, -0.2) is 0 Å². The summed E-state index contributed by atoms with van der Waals surface area (Å²) in [4.78, 5) is 0. The monoisotopic (exact) mass is 196 g/mol.